The zero-order valence-corrected chi connectivity index (χ0v) is 12.6. The number of nitrogens with zero attached hydrogens (tertiary/aromatic N) is 1. The van der Waals surface area contributed by atoms with E-state index in [4.69, 9.17) is 4.74 Å². The molecule has 1 aromatic carbocycles. The average molecular weight is 288 g/mol. The standard InChI is InChI=1S/C17H24N2O2/c1-2-18-15-12-21-16(14-6-4-3-5-7-14)11-19(17(15)20)10-13-8-9-13/h3-7,13,15-16,18H,2,8-12H2,1H3/t15-,16+/m0/s1. The van der Waals surface area contributed by atoms with Crippen molar-refractivity contribution in [2.75, 3.05) is 26.2 Å². The molecule has 21 heavy (non-hydrogen) atoms. The van der Waals surface area contributed by atoms with Gasteiger partial charge in [-0.25, -0.2) is 0 Å². The number of hydrogen-bond acceptors (Lipinski definition) is 3. The summed E-state index contributed by atoms with van der Waals surface area (Å²) in [5.74, 6) is 0.896. The summed E-state index contributed by atoms with van der Waals surface area (Å²) in [7, 11) is 0. The normalized spacial score (nSPS) is 26.7. The highest BCUT2D eigenvalue weighted by Gasteiger charge is 2.35. The van der Waals surface area contributed by atoms with Crippen molar-refractivity contribution in [3.05, 3.63) is 35.9 Å². The minimum absolute atomic E-state index is 0.0162. The van der Waals surface area contributed by atoms with E-state index in [1.807, 2.05) is 30.0 Å². The van der Waals surface area contributed by atoms with Crippen molar-refractivity contribution in [1.82, 2.24) is 10.2 Å². The maximum atomic E-state index is 12.7. The molecule has 2 fully saturated rings. The Balaban J connectivity index is 1.76. The molecule has 3 rings (SSSR count). The summed E-state index contributed by atoms with van der Waals surface area (Å²) in [5, 5.41) is 3.25. The third-order valence-electron chi connectivity index (χ3n) is 4.26. The van der Waals surface area contributed by atoms with E-state index in [1.165, 1.54) is 12.8 Å². The van der Waals surface area contributed by atoms with Gasteiger partial charge in [-0.05, 0) is 30.9 Å². The number of likely N-dealkylation sites (N-methyl/N-ethyl adjacent to an activating group) is 1. The number of nitrogens with one attached hydrogen (secondary N) is 1. The second-order valence-corrected chi connectivity index (χ2v) is 6.03. The van der Waals surface area contributed by atoms with E-state index in [2.05, 4.69) is 17.4 Å². The Labute approximate surface area is 126 Å². The first-order chi connectivity index (χ1) is 10.3. The van der Waals surface area contributed by atoms with Gasteiger partial charge in [0.1, 0.15) is 12.1 Å². The summed E-state index contributed by atoms with van der Waals surface area (Å²) in [4.78, 5) is 14.7. The number of carbonyl (C=O) groups is 1. The maximum Gasteiger partial charge on any atom is 0.242 e. The molecule has 0 spiro atoms. The predicted molar refractivity (Wildman–Crippen MR) is 81.9 cm³/mol. The van der Waals surface area contributed by atoms with Crippen molar-refractivity contribution in [3.8, 4) is 0 Å². The van der Waals surface area contributed by atoms with Crippen molar-refractivity contribution >= 4 is 5.91 Å². The molecule has 1 aliphatic carbocycles. The van der Waals surface area contributed by atoms with Crippen molar-refractivity contribution in [2.45, 2.75) is 31.9 Å². The SMILES string of the molecule is CCN[C@H]1CO[C@@H](c2ccccc2)CN(CC2CC2)C1=O. The number of rotatable bonds is 5. The van der Waals surface area contributed by atoms with Crippen LogP contribution in [0.25, 0.3) is 0 Å². The Hall–Kier alpha value is -1.39. The molecule has 1 heterocycles. The molecule has 0 bridgehead atoms. The molecule has 4 nitrogen and oxygen atoms in total. The number of benzene rings is 1. The maximum absolute atomic E-state index is 12.7. The quantitative estimate of drug-likeness (QED) is 0.901. The van der Waals surface area contributed by atoms with E-state index in [0.29, 0.717) is 19.1 Å². The van der Waals surface area contributed by atoms with Crippen LogP contribution in [0.3, 0.4) is 0 Å². The molecule has 0 radical (unpaired) electrons. The van der Waals surface area contributed by atoms with Crippen LogP contribution in [-0.2, 0) is 9.53 Å². The van der Waals surface area contributed by atoms with Gasteiger partial charge in [0, 0.05) is 6.54 Å². The average Bonchev–Trinajstić information content (AvgIpc) is 3.33. The van der Waals surface area contributed by atoms with E-state index >= 15 is 0 Å². The number of hydrogen-bond donors (Lipinski definition) is 1. The van der Waals surface area contributed by atoms with Gasteiger partial charge in [0.15, 0.2) is 0 Å². The van der Waals surface area contributed by atoms with Gasteiger partial charge >= 0.3 is 0 Å². The highest BCUT2D eigenvalue weighted by atomic mass is 16.5. The van der Waals surface area contributed by atoms with Crippen LogP contribution in [0.2, 0.25) is 0 Å². The lowest BCUT2D eigenvalue weighted by Gasteiger charge is -2.25. The molecule has 2 atom stereocenters. The van der Waals surface area contributed by atoms with Gasteiger partial charge in [0.2, 0.25) is 5.91 Å². The van der Waals surface area contributed by atoms with E-state index in [0.717, 1.165) is 18.7 Å². The summed E-state index contributed by atoms with van der Waals surface area (Å²) in [6, 6.07) is 10.0. The highest BCUT2D eigenvalue weighted by molar-refractivity contribution is 5.82. The highest BCUT2D eigenvalue weighted by Crippen LogP contribution is 2.31. The first-order valence-electron chi connectivity index (χ1n) is 7.96. The largest absolute Gasteiger partial charge is 0.369 e. The van der Waals surface area contributed by atoms with E-state index in [-0.39, 0.29) is 18.1 Å². The first kappa shape index (κ1) is 14.5. The fourth-order valence-corrected chi connectivity index (χ4v) is 2.89. The summed E-state index contributed by atoms with van der Waals surface area (Å²) >= 11 is 0. The Morgan fingerprint density at radius 3 is 2.71 bits per heavy atom. The molecule has 2 aliphatic rings. The molecule has 0 aromatic heterocycles. The monoisotopic (exact) mass is 288 g/mol. The van der Waals surface area contributed by atoms with Gasteiger partial charge in [-0.1, -0.05) is 37.3 Å². The first-order valence-corrected chi connectivity index (χ1v) is 7.96. The van der Waals surface area contributed by atoms with Crippen molar-refractivity contribution in [3.63, 3.8) is 0 Å². The Kier molecular flexibility index (Phi) is 4.56. The third kappa shape index (κ3) is 3.63. The minimum Gasteiger partial charge on any atom is -0.369 e. The molecular weight excluding hydrogens is 264 g/mol. The number of ether oxygens (including phenoxy) is 1. The minimum atomic E-state index is -0.206. The van der Waals surface area contributed by atoms with Crippen LogP contribution in [0.5, 0.6) is 0 Å². The van der Waals surface area contributed by atoms with Crippen molar-refractivity contribution < 1.29 is 9.53 Å². The summed E-state index contributed by atoms with van der Waals surface area (Å²) in [5.41, 5.74) is 1.16. The molecule has 114 valence electrons. The van der Waals surface area contributed by atoms with Crippen LogP contribution in [-0.4, -0.2) is 43.1 Å². The Morgan fingerprint density at radius 2 is 2.05 bits per heavy atom. The molecule has 0 unspecified atom stereocenters. The lowest BCUT2D eigenvalue weighted by atomic mass is 10.1. The van der Waals surface area contributed by atoms with E-state index < -0.39 is 0 Å². The molecule has 1 N–H and O–H groups in total. The molecule has 4 heteroatoms. The van der Waals surface area contributed by atoms with Crippen LogP contribution in [0.1, 0.15) is 31.4 Å². The molecule has 1 amide bonds. The van der Waals surface area contributed by atoms with Crippen LogP contribution in [0, 0.1) is 5.92 Å². The van der Waals surface area contributed by atoms with Crippen LogP contribution in [0.15, 0.2) is 30.3 Å². The lowest BCUT2D eigenvalue weighted by Crippen LogP contribution is -2.47. The second kappa shape index (κ2) is 6.58. The van der Waals surface area contributed by atoms with Gasteiger partial charge in [-0.3, -0.25) is 4.79 Å². The van der Waals surface area contributed by atoms with Gasteiger partial charge in [0.25, 0.3) is 0 Å². The van der Waals surface area contributed by atoms with Gasteiger partial charge in [-0.2, -0.15) is 0 Å². The Bertz CT molecular complexity index is 473. The van der Waals surface area contributed by atoms with Crippen molar-refractivity contribution in [1.29, 1.82) is 0 Å². The van der Waals surface area contributed by atoms with Crippen LogP contribution < -0.4 is 5.32 Å². The molecule has 1 aromatic rings. The van der Waals surface area contributed by atoms with E-state index in [9.17, 15) is 4.79 Å². The molecule has 1 saturated carbocycles. The number of carbonyl (C=O) groups excluding carboxylic acids is 1. The van der Waals surface area contributed by atoms with Crippen molar-refractivity contribution in [2.24, 2.45) is 5.92 Å². The zero-order chi connectivity index (χ0) is 14.7. The topological polar surface area (TPSA) is 41.6 Å². The fourth-order valence-electron chi connectivity index (χ4n) is 2.89. The summed E-state index contributed by atoms with van der Waals surface area (Å²) in [6.45, 7) is 4.81. The zero-order valence-electron chi connectivity index (χ0n) is 12.6. The van der Waals surface area contributed by atoms with Gasteiger partial charge in [0.05, 0.1) is 13.2 Å². The predicted octanol–water partition coefficient (Wildman–Crippen LogP) is 1.97. The third-order valence-corrected chi connectivity index (χ3v) is 4.26. The van der Waals surface area contributed by atoms with Gasteiger partial charge in [-0.15, -0.1) is 0 Å². The van der Waals surface area contributed by atoms with Crippen LogP contribution in [0.4, 0.5) is 0 Å². The van der Waals surface area contributed by atoms with Gasteiger partial charge < -0.3 is 15.0 Å². The molecular formula is C17H24N2O2. The molecule has 1 saturated heterocycles. The fraction of sp³-hybridized carbons (Fsp3) is 0.588. The summed E-state index contributed by atoms with van der Waals surface area (Å²) < 4.78 is 6.03. The second-order valence-electron chi connectivity index (χ2n) is 6.03. The lowest BCUT2D eigenvalue weighted by molar-refractivity contribution is -0.133. The Morgan fingerprint density at radius 1 is 1.29 bits per heavy atom. The smallest absolute Gasteiger partial charge is 0.242 e. The summed E-state index contributed by atoms with van der Waals surface area (Å²) in [6.07, 6.45) is 2.50. The van der Waals surface area contributed by atoms with E-state index in [1.54, 1.807) is 0 Å². The number of amides is 1. The van der Waals surface area contributed by atoms with Crippen LogP contribution >= 0.6 is 0 Å². The molecule has 1 aliphatic heterocycles.